The number of fused-ring (bicyclic) bond motifs is 1. The van der Waals surface area contributed by atoms with Crippen LogP contribution in [0.25, 0.3) is 0 Å². The maximum Gasteiger partial charge on any atom is 0.167 e. The summed E-state index contributed by atoms with van der Waals surface area (Å²) < 4.78 is 0. The van der Waals surface area contributed by atoms with Crippen LogP contribution in [-0.2, 0) is 11.8 Å². The molecular weight excluding hydrogens is 270 g/mol. The number of benzene rings is 1. The Morgan fingerprint density at radius 1 is 1.14 bits per heavy atom. The summed E-state index contributed by atoms with van der Waals surface area (Å²) in [6.45, 7) is 10.0. The average Bonchev–Trinajstić information content (AvgIpc) is 2.50. The molecule has 0 aromatic heterocycles. The van der Waals surface area contributed by atoms with E-state index in [1.54, 1.807) is 0 Å². The monoisotopic (exact) mass is 299 g/mol. The summed E-state index contributed by atoms with van der Waals surface area (Å²) in [6, 6.07) is 6.50. The maximum atomic E-state index is 12.8. The van der Waals surface area contributed by atoms with Crippen molar-refractivity contribution in [2.75, 3.05) is 19.6 Å². The molecule has 1 aliphatic carbocycles. The molecule has 0 bridgehead atoms. The molecule has 1 heterocycles. The minimum Gasteiger partial charge on any atom is -0.303 e. The first-order valence-corrected chi connectivity index (χ1v) is 8.85. The first-order valence-electron chi connectivity index (χ1n) is 8.85. The second-order valence-corrected chi connectivity index (χ2v) is 8.08. The zero-order valence-corrected chi connectivity index (χ0v) is 14.3. The van der Waals surface area contributed by atoms with Crippen LogP contribution in [0.3, 0.4) is 0 Å². The van der Waals surface area contributed by atoms with E-state index < -0.39 is 0 Å². The van der Waals surface area contributed by atoms with Crippen LogP contribution in [0.5, 0.6) is 0 Å². The molecule has 2 heteroatoms. The van der Waals surface area contributed by atoms with E-state index in [0.29, 0.717) is 5.78 Å². The molecule has 2 aliphatic rings. The van der Waals surface area contributed by atoms with Crippen molar-refractivity contribution in [2.24, 2.45) is 5.92 Å². The van der Waals surface area contributed by atoms with Crippen molar-refractivity contribution < 1.29 is 4.79 Å². The fourth-order valence-electron chi connectivity index (χ4n) is 3.82. The number of rotatable bonds is 2. The van der Waals surface area contributed by atoms with Crippen LogP contribution >= 0.6 is 0 Å². The molecule has 3 rings (SSSR count). The Labute approximate surface area is 134 Å². The Kier molecular flexibility index (Phi) is 4.40. The molecular formula is C20H29NO. The Morgan fingerprint density at radius 2 is 1.86 bits per heavy atom. The number of piperidine rings is 1. The third-order valence-electron chi connectivity index (χ3n) is 5.30. The molecule has 22 heavy (non-hydrogen) atoms. The fourth-order valence-corrected chi connectivity index (χ4v) is 3.82. The largest absolute Gasteiger partial charge is 0.303 e. The lowest BCUT2D eigenvalue weighted by Gasteiger charge is -2.32. The molecule has 120 valence electrons. The van der Waals surface area contributed by atoms with Gasteiger partial charge in [-0.1, -0.05) is 45.4 Å². The SMILES string of the molecule is CC(C)(C)c1ccc2c(c1)CCC(CN1CCCCC1)C2=O. The number of aryl methyl sites for hydroxylation is 1. The van der Waals surface area contributed by atoms with E-state index in [-0.39, 0.29) is 11.3 Å². The van der Waals surface area contributed by atoms with Crippen LogP contribution in [0.1, 0.15) is 67.9 Å². The van der Waals surface area contributed by atoms with Gasteiger partial charge < -0.3 is 4.90 Å². The van der Waals surface area contributed by atoms with Crippen LogP contribution in [-0.4, -0.2) is 30.3 Å². The molecule has 1 aromatic rings. The highest BCUT2D eigenvalue weighted by Gasteiger charge is 2.30. The average molecular weight is 299 g/mol. The topological polar surface area (TPSA) is 20.3 Å². The van der Waals surface area contributed by atoms with Gasteiger partial charge in [0.25, 0.3) is 0 Å². The summed E-state index contributed by atoms with van der Waals surface area (Å²) in [5.41, 5.74) is 3.75. The van der Waals surface area contributed by atoms with Gasteiger partial charge in [-0.3, -0.25) is 4.79 Å². The number of hydrogen-bond acceptors (Lipinski definition) is 2. The predicted molar refractivity (Wildman–Crippen MR) is 91.6 cm³/mol. The van der Waals surface area contributed by atoms with Gasteiger partial charge in [-0.15, -0.1) is 0 Å². The number of carbonyl (C=O) groups excluding carboxylic acids is 1. The van der Waals surface area contributed by atoms with E-state index in [4.69, 9.17) is 0 Å². The van der Waals surface area contributed by atoms with E-state index in [9.17, 15) is 4.79 Å². The molecule has 0 saturated carbocycles. The molecule has 0 spiro atoms. The molecule has 2 nitrogen and oxygen atoms in total. The minimum absolute atomic E-state index is 0.155. The van der Waals surface area contributed by atoms with E-state index in [2.05, 4.69) is 43.9 Å². The quantitative estimate of drug-likeness (QED) is 0.815. The van der Waals surface area contributed by atoms with E-state index in [1.807, 2.05) is 0 Å². The van der Waals surface area contributed by atoms with Gasteiger partial charge in [0.1, 0.15) is 0 Å². The molecule has 0 amide bonds. The molecule has 1 saturated heterocycles. The van der Waals surface area contributed by atoms with Crippen LogP contribution in [0.15, 0.2) is 18.2 Å². The van der Waals surface area contributed by atoms with Gasteiger partial charge in [-0.2, -0.15) is 0 Å². The van der Waals surface area contributed by atoms with Gasteiger partial charge in [-0.05, 0) is 55.3 Å². The van der Waals surface area contributed by atoms with Gasteiger partial charge in [0.15, 0.2) is 5.78 Å². The summed E-state index contributed by atoms with van der Waals surface area (Å²) in [5, 5.41) is 0. The summed E-state index contributed by atoms with van der Waals surface area (Å²) in [5.74, 6) is 0.596. The molecule has 1 aliphatic heterocycles. The number of ketones is 1. The number of likely N-dealkylation sites (tertiary alicyclic amines) is 1. The Hall–Kier alpha value is -1.15. The molecule has 1 unspecified atom stereocenters. The summed E-state index contributed by atoms with van der Waals surface area (Å²) in [4.78, 5) is 15.3. The van der Waals surface area contributed by atoms with Gasteiger partial charge in [0.2, 0.25) is 0 Å². The smallest absolute Gasteiger partial charge is 0.167 e. The van der Waals surface area contributed by atoms with Crippen LogP contribution < -0.4 is 0 Å². The number of hydrogen-bond donors (Lipinski definition) is 0. The zero-order valence-electron chi connectivity index (χ0n) is 14.3. The minimum atomic E-state index is 0.155. The molecule has 1 fully saturated rings. The van der Waals surface area contributed by atoms with Crippen molar-refractivity contribution in [3.05, 3.63) is 34.9 Å². The lowest BCUT2D eigenvalue weighted by Crippen LogP contribution is -2.38. The van der Waals surface area contributed by atoms with Gasteiger partial charge >= 0.3 is 0 Å². The Balaban J connectivity index is 1.75. The van der Waals surface area contributed by atoms with Gasteiger partial charge in [0, 0.05) is 18.0 Å². The van der Waals surface area contributed by atoms with Crippen molar-refractivity contribution in [1.29, 1.82) is 0 Å². The third kappa shape index (κ3) is 3.27. The molecule has 0 radical (unpaired) electrons. The molecule has 0 N–H and O–H groups in total. The zero-order chi connectivity index (χ0) is 15.7. The van der Waals surface area contributed by atoms with Gasteiger partial charge in [0.05, 0.1) is 0 Å². The van der Waals surface area contributed by atoms with Crippen molar-refractivity contribution in [2.45, 2.75) is 58.3 Å². The van der Waals surface area contributed by atoms with Crippen LogP contribution in [0.4, 0.5) is 0 Å². The number of carbonyl (C=O) groups is 1. The highest BCUT2D eigenvalue weighted by atomic mass is 16.1. The summed E-state index contributed by atoms with van der Waals surface area (Å²) in [7, 11) is 0. The highest BCUT2D eigenvalue weighted by Crippen LogP contribution is 2.31. The first kappa shape index (κ1) is 15.7. The summed E-state index contributed by atoms with van der Waals surface area (Å²) >= 11 is 0. The van der Waals surface area contributed by atoms with Crippen molar-refractivity contribution >= 4 is 5.78 Å². The summed E-state index contributed by atoms with van der Waals surface area (Å²) in [6.07, 6.45) is 6.03. The van der Waals surface area contributed by atoms with Crippen LogP contribution in [0.2, 0.25) is 0 Å². The standard InChI is InChI=1S/C20H29NO/c1-20(2,3)17-9-10-18-15(13-17)7-8-16(19(18)22)14-21-11-5-4-6-12-21/h9-10,13,16H,4-8,11-12,14H2,1-3H3. The van der Waals surface area contributed by atoms with Gasteiger partial charge in [-0.25, -0.2) is 0 Å². The number of Topliss-reactive ketones (excluding diaryl/α,β-unsaturated/α-hetero) is 1. The molecule has 1 atom stereocenters. The Morgan fingerprint density at radius 3 is 2.55 bits per heavy atom. The predicted octanol–water partition coefficient (Wildman–Crippen LogP) is 4.22. The fraction of sp³-hybridized carbons (Fsp3) is 0.650. The van der Waals surface area contributed by atoms with E-state index in [0.717, 1.165) is 24.9 Å². The second kappa shape index (κ2) is 6.16. The second-order valence-electron chi connectivity index (χ2n) is 8.08. The van der Waals surface area contributed by atoms with E-state index in [1.165, 1.54) is 43.5 Å². The maximum absolute atomic E-state index is 12.8. The lowest BCUT2D eigenvalue weighted by atomic mass is 9.78. The third-order valence-corrected chi connectivity index (χ3v) is 5.30. The lowest BCUT2D eigenvalue weighted by molar-refractivity contribution is 0.0845. The van der Waals surface area contributed by atoms with Crippen molar-refractivity contribution in [1.82, 2.24) is 4.90 Å². The number of nitrogens with zero attached hydrogens (tertiary/aromatic N) is 1. The molecule has 1 aromatic carbocycles. The van der Waals surface area contributed by atoms with E-state index >= 15 is 0 Å². The highest BCUT2D eigenvalue weighted by molar-refractivity contribution is 6.00. The van der Waals surface area contributed by atoms with Crippen molar-refractivity contribution in [3.63, 3.8) is 0 Å². The first-order chi connectivity index (χ1) is 10.4. The van der Waals surface area contributed by atoms with Crippen molar-refractivity contribution in [3.8, 4) is 0 Å². The Bertz CT molecular complexity index is 549. The van der Waals surface area contributed by atoms with Crippen LogP contribution in [0, 0.1) is 5.92 Å². The normalized spacial score (nSPS) is 23.4.